The molecule has 2 nitrogen and oxygen atoms in total. The van der Waals surface area contributed by atoms with Gasteiger partial charge in [-0.3, -0.25) is 0 Å². The van der Waals surface area contributed by atoms with Crippen molar-refractivity contribution in [3.63, 3.8) is 0 Å². The number of hydrogen-bond acceptors (Lipinski definition) is 2. The van der Waals surface area contributed by atoms with Crippen molar-refractivity contribution in [2.75, 3.05) is 7.11 Å². The minimum atomic E-state index is 0.818. The van der Waals surface area contributed by atoms with Crippen LogP contribution in [-0.2, 0) is 0 Å². The summed E-state index contributed by atoms with van der Waals surface area (Å²) in [5.74, 6) is 1.65. The van der Waals surface area contributed by atoms with E-state index in [1.54, 1.807) is 13.4 Å². The zero-order valence-electron chi connectivity index (χ0n) is 9.67. The number of ether oxygens (including phenoxy) is 2. The third kappa shape index (κ3) is 3.11. The maximum Gasteiger partial charge on any atom is 0.126 e. The molecule has 0 N–H and O–H groups in total. The smallest absolute Gasteiger partial charge is 0.126 e. The second-order valence-corrected chi connectivity index (χ2v) is 3.48. The van der Waals surface area contributed by atoms with Gasteiger partial charge in [0.25, 0.3) is 0 Å². The summed E-state index contributed by atoms with van der Waals surface area (Å²) in [6.07, 6.45) is 3.54. The summed E-state index contributed by atoms with van der Waals surface area (Å²) in [5, 5.41) is 0. The van der Waals surface area contributed by atoms with E-state index in [4.69, 9.17) is 9.47 Å². The van der Waals surface area contributed by atoms with Crippen LogP contribution in [0.15, 0.2) is 60.9 Å². The summed E-state index contributed by atoms with van der Waals surface area (Å²) in [4.78, 5) is 0. The van der Waals surface area contributed by atoms with Crippen molar-refractivity contribution < 1.29 is 9.47 Å². The Bertz CT molecular complexity index is 489. The number of benzene rings is 2. The zero-order valence-corrected chi connectivity index (χ0v) is 9.67. The van der Waals surface area contributed by atoms with Gasteiger partial charge in [0.1, 0.15) is 11.5 Å². The van der Waals surface area contributed by atoms with Crippen LogP contribution in [0.4, 0.5) is 0 Å². The molecule has 0 aliphatic rings. The fourth-order valence-electron chi connectivity index (χ4n) is 1.49. The Morgan fingerprint density at radius 3 is 2.35 bits per heavy atom. The van der Waals surface area contributed by atoms with Crippen LogP contribution >= 0.6 is 0 Å². The van der Waals surface area contributed by atoms with E-state index < -0.39 is 0 Å². The first-order valence-corrected chi connectivity index (χ1v) is 5.41. The molecule has 0 aliphatic heterocycles. The van der Waals surface area contributed by atoms with Gasteiger partial charge in [-0.1, -0.05) is 36.4 Å². The predicted octanol–water partition coefficient (Wildman–Crippen LogP) is 3.74. The summed E-state index contributed by atoms with van der Waals surface area (Å²) in [6.45, 7) is 0. The molecule has 0 unspecified atom stereocenters. The highest BCUT2D eigenvalue weighted by atomic mass is 16.5. The Kier molecular flexibility index (Phi) is 3.81. The first-order valence-electron chi connectivity index (χ1n) is 5.41. The van der Waals surface area contributed by atoms with Crippen LogP contribution in [-0.4, -0.2) is 7.11 Å². The van der Waals surface area contributed by atoms with Crippen molar-refractivity contribution in [1.82, 2.24) is 0 Å². The van der Waals surface area contributed by atoms with Crippen molar-refractivity contribution in [2.45, 2.75) is 0 Å². The summed E-state index contributed by atoms with van der Waals surface area (Å²) in [7, 11) is 1.66. The van der Waals surface area contributed by atoms with Crippen LogP contribution in [0.5, 0.6) is 11.5 Å². The Morgan fingerprint density at radius 1 is 0.882 bits per heavy atom. The lowest BCUT2D eigenvalue weighted by atomic mass is 10.2. The molecule has 17 heavy (non-hydrogen) atoms. The summed E-state index contributed by atoms with van der Waals surface area (Å²) in [5.41, 5.74) is 0.992. The van der Waals surface area contributed by atoms with Crippen molar-refractivity contribution in [1.29, 1.82) is 0 Å². The molecule has 0 spiro atoms. The van der Waals surface area contributed by atoms with Crippen molar-refractivity contribution in [3.8, 4) is 11.5 Å². The molecule has 0 bridgehead atoms. The Morgan fingerprint density at radius 2 is 1.59 bits per heavy atom. The predicted molar refractivity (Wildman–Crippen MR) is 69.1 cm³/mol. The molecular weight excluding hydrogens is 212 g/mol. The van der Waals surface area contributed by atoms with Gasteiger partial charge in [-0.05, 0) is 24.3 Å². The lowest BCUT2D eigenvalue weighted by Gasteiger charge is -2.03. The second kappa shape index (κ2) is 5.75. The first-order chi connectivity index (χ1) is 8.40. The normalized spacial score (nSPS) is 10.4. The minimum Gasteiger partial charge on any atom is -0.496 e. The highest BCUT2D eigenvalue weighted by Gasteiger charge is 1.96. The number of para-hydroxylation sites is 2. The number of hydrogen-bond donors (Lipinski definition) is 0. The molecule has 0 aromatic heterocycles. The first kappa shape index (κ1) is 11.3. The Labute approximate surface area is 101 Å². The van der Waals surface area contributed by atoms with Gasteiger partial charge < -0.3 is 9.47 Å². The molecule has 86 valence electrons. The maximum atomic E-state index is 5.47. The highest BCUT2D eigenvalue weighted by molar-refractivity contribution is 5.56. The van der Waals surface area contributed by atoms with Crippen LogP contribution < -0.4 is 9.47 Å². The summed E-state index contributed by atoms with van der Waals surface area (Å²) >= 11 is 0. The van der Waals surface area contributed by atoms with Gasteiger partial charge in [0.2, 0.25) is 0 Å². The van der Waals surface area contributed by atoms with E-state index in [1.165, 1.54) is 0 Å². The van der Waals surface area contributed by atoms with Crippen molar-refractivity contribution in [2.24, 2.45) is 0 Å². The summed E-state index contributed by atoms with van der Waals surface area (Å²) in [6, 6.07) is 17.4. The van der Waals surface area contributed by atoms with E-state index in [-0.39, 0.29) is 0 Å². The van der Waals surface area contributed by atoms with E-state index in [2.05, 4.69) is 0 Å². The molecule has 2 aromatic carbocycles. The molecule has 0 heterocycles. The molecule has 2 heteroatoms. The molecule has 2 rings (SSSR count). The third-order valence-electron chi connectivity index (χ3n) is 2.33. The van der Waals surface area contributed by atoms with Gasteiger partial charge in [0, 0.05) is 5.56 Å². The molecule has 0 atom stereocenters. The minimum absolute atomic E-state index is 0.818. The summed E-state index contributed by atoms with van der Waals surface area (Å²) < 4.78 is 10.7. The average Bonchev–Trinajstić information content (AvgIpc) is 2.40. The quantitative estimate of drug-likeness (QED) is 0.739. The molecule has 0 amide bonds. The molecule has 0 aliphatic carbocycles. The van der Waals surface area contributed by atoms with Gasteiger partial charge in [0.05, 0.1) is 13.4 Å². The number of methoxy groups -OCH3 is 1. The third-order valence-corrected chi connectivity index (χ3v) is 2.33. The van der Waals surface area contributed by atoms with E-state index in [1.807, 2.05) is 60.7 Å². The second-order valence-electron chi connectivity index (χ2n) is 3.48. The van der Waals surface area contributed by atoms with E-state index >= 15 is 0 Å². The average molecular weight is 226 g/mol. The van der Waals surface area contributed by atoms with E-state index in [0.717, 1.165) is 17.1 Å². The molecule has 0 saturated heterocycles. The van der Waals surface area contributed by atoms with Crippen LogP contribution in [0, 0.1) is 0 Å². The van der Waals surface area contributed by atoms with Crippen LogP contribution in [0.25, 0.3) is 6.08 Å². The molecular formula is C15H14O2. The topological polar surface area (TPSA) is 18.5 Å². The fourth-order valence-corrected chi connectivity index (χ4v) is 1.49. The molecule has 2 aromatic rings. The van der Waals surface area contributed by atoms with Gasteiger partial charge in [0.15, 0.2) is 0 Å². The lowest BCUT2D eigenvalue weighted by Crippen LogP contribution is -1.86. The lowest BCUT2D eigenvalue weighted by molar-refractivity contribution is 0.413. The molecule has 0 saturated carbocycles. The Hall–Kier alpha value is -2.22. The van der Waals surface area contributed by atoms with Crippen molar-refractivity contribution in [3.05, 3.63) is 66.4 Å². The van der Waals surface area contributed by atoms with Crippen molar-refractivity contribution >= 4 is 6.08 Å². The van der Waals surface area contributed by atoms with E-state index in [0.29, 0.717) is 0 Å². The number of rotatable bonds is 4. The van der Waals surface area contributed by atoms with E-state index in [9.17, 15) is 0 Å². The monoisotopic (exact) mass is 226 g/mol. The fraction of sp³-hybridized carbons (Fsp3) is 0.0667. The molecule has 0 radical (unpaired) electrons. The molecule has 0 fully saturated rings. The van der Waals surface area contributed by atoms with Gasteiger partial charge in [-0.25, -0.2) is 0 Å². The van der Waals surface area contributed by atoms with Gasteiger partial charge in [-0.15, -0.1) is 0 Å². The maximum absolute atomic E-state index is 5.47. The largest absolute Gasteiger partial charge is 0.496 e. The zero-order chi connectivity index (χ0) is 11.9. The van der Waals surface area contributed by atoms with Gasteiger partial charge >= 0.3 is 0 Å². The van der Waals surface area contributed by atoms with Crippen LogP contribution in [0.1, 0.15) is 5.56 Å². The Balaban J connectivity index is 2.06. The van der Waals surface area contributed by atoms with Gasteiger partial charge in [-0.2, -0.15) is 0 Å². The van der Waals surface area contributed by atoms with Crippen LogP contribution in [0.3, 0.4) is 0 Å². The highest BCUT2D eigenvalue weighted by Crippen LogP contribution is 2.19. The van der Waals surface area contributed by atoms with Crippen LogP contribution in [0.2, 0.25) is 0 Å². The SMILES string of the molecule is COc1ccccc1C=COc1ccccc1. The standard InChI is InChI=1S/C15H14O2/c1-16-15-10-6-5-7-13(15)11-12-17-14-8-3-2-4-9-14/h2-12H,1H3.